The number of likely N-dealkylation sites (tertiary alicyclic amines) is 1. The molecule has 2 aromatic rings. The van der Waals surface area contributed by atoms with Crippen molar-refractivity contribution >= 4 is 5.91 Å². The predicted molar refractivity (Wildman–Crippen MR) is 103 cm³/mol. The number of halogens is 3. The molecule has 1 amide bonds. The van der Waals surface area contributed by atoms with E-state index in [0.29, 0.717) is 31.6 Å². The first-order valence-corrected chi connectivity index (χ1v) is 9.48. The number of amides is 1. The van der Waals surface area contributed by atoms with Gasteiger partial charge < -0.3 is 10.2 Å². The minimum Gasteiger partial charge on any atom is -0.341 e. The lowest BCUT2D eigenvalue weighted by molar-refractivity contribution is -0.137. The highest BCUT2D eigenvalue weighted by Gasteiger charge is 2.31. The van der Waals surface area contributed by atoms with Crippen LogP contribution in [0.15, 0.2) is 42.5 Å². The van der Waals surface area contributed by atoms with Gasteiger partial charge >= 0.3 is 6.18 Å². The number of aryl methyl sites for hydroxylation is 2. The van der Waals surface area contributed by atoms with Gasteiger partial charge in [-0.3, -0.25) is 4.79 Å². The Morgan fingerprint density at radius 3 is 2.57 bits per heavy atom. The van der Waals surface area contributed by atoms with Crippen molar-refractivity contribution in [3.8, 4) is 0 Å². The molecular weight excluding hydrogens is 365 g/mol. The maximum Gasteiger partial charge on any atom is 0.416 e. The highest BCUT2D eigenvalue weighted by Crippen LogP contribution is 2.31. The predicted octanol–water partition coefficient (Wildman–Crippen LogP) is 4.78. The van der Waals surface area contributed by atoms with Gasteiger partial charge in [0.2, 0.25) is 5.91 Å². The average Bonchev–Trinajstić information content (AvgIpc) is 3.04. The van der Waals surface area contributed by atoms with Gasteiger partial charge in [-0.25, -0.2) is 0 Å². The Morgan fingerprint density at radius 2 is 1.93 bits per heavy atom. The molecule has 0 saturated carbocycles. The number of carbonyl (C=O) groups excluding carboxylic acids is 1. The Hall–Kier alpha value is -2.34. The molecule has 1 saturated heterocycles. The van der Waals surface area contributed by atoms with E-state index in [1.807, 2.05) is 26.0 Å². The first kappa shape index (κ1) is 20.4. The first-order valence-electron chi connectivity index (χ1n) is 9.48. The molecule has 6 heteroatoms. The summed E-state index contributed by atoms with van der Waals surface area (Å²) in [5.41, 5.74) is 3.26. The van der Waals surface area contributed by atoms with Gasteiger partial charge in [0.1, 0.15) is 0 Å². The Balaban J connectivity index is 1.83. The normalized spacial score (nSPS) is 15.9. The first-order chi connectivity index (χ1) is 13.2. The number of alkyl halides is 3. The summed E-state index contributed by atoms with van der Waals surface area (Å²) in [6.45, 7) is 5.58. The molecule has 1 atom stereocenters. The molecule has 1 aliphatic heterocycles. The van der Waals surface area contributed by atoms with Crippen molar-refractivity contribution in [1.82, 2.24) is 10.2 Å². The molecule has 0 aromatic heterocycles. The molecule has 150 valence electrons. The van der Waals surface area contributed by atoms with Gasteiger partial charge in [-0.1, -0.05) is 35.9 Å². The fourth-order valence-electron chi connectivity index (χ4n) is 3.61. The third kappa shape index (κ3) is 4.93. The maximum atomic E-state index is 13.2. The number of hydrogen-bond donors (Lipinski definition) is 1. The van der Waals surface area contributed by atoms with Crippen LogP contribution in [0.3, 0.4) is 0 Å². The van der Waals surface area contributed by atoms with E-state index in [1.165, 1.54) is 17.7 Å². The van der Waals surface area contributed by atoms with Crippen LogP contribution >= 0.6 is 0 Å². The molecule has 0 radical (unpaired) electrons. The van der Waals surface area contributed by atoms with Crippen LogP contribution in [0.25, 0.3) is 0 Å². The van der Waals surface area contributed by atoms with E-state index in [1.54, 1.807) is 11.0 Å². The Kier molecular flexibility index (Phi) is 6.08. The standard InChI is InChI=1S/C22H25F3N2O/c1-15-8-9-18(16(2)11-15)13-26-20(14-27-10-4-7-21(27)28)17-5-3-6-19(12-17)22(23,24)25/h3,5-6,8-9,11-12,20,26H,4,7,10,13-14H2,1-2H3. The summed E-state index contributed by atoms with van der Waals surface area (Å²) in [6, 6.07) is 11.1. The Labute approximate surface area is 163 Å². The average molecular weight is 390 g/mol. The Morgan fingerprint density at radius 1 is 1.14 bits per heavy atom. The van der Waals surface area contributed by atoms with Crippen molar-refractivity contribution in [2.24, 2.45) is 0 Å². The van der Waals surface area contributed by atoms with Gasteiger partial charge in [0.25, 0.3) is 0 Å². The van der Waals surface area contributed by atoms with Gasteiger partial charge in [-0.15, -0.1) is 0 Å². The van der Waals surface area contributed by atoms with E-state index >= 15 is 0 Å². The van der Waals surface area contributed by atoms with Crippen LogP contribution in [0.5, 0.6) is 0 Å². The van der Waals surface area contributed by atoms with Crippen LogP contribution < -0.4 is 5.32 Å². The van der Waals surface area contributed by atoms with Gasteiger partial charge in [0.05, 0.1) is 11.6 Å². The topological polar surface area (TPSA) is 32.3 Å². The second-order valence-corrected chi connectivity index (χ2v) is 7.43. The van der Waals surface area contributed by atoms with Crippen molar-refractivity contribution in [2.75, 3.05) is 13.1 Å². The molecule has 3 nitrogen and oxygen atoms in total. The molecule has 1 unspecified atom stereocenters. The smallest absolute Gasteiger partial charge is 0.341 e. The zero-order valence-corrected chi connectivity index (χ0v) is 16.1. The molecule has 1 heterocycles. The SMILES string of the molecule is Cc1ccc(CNC(CN2CCCC2=O)c2cccc(C(F)(F)F)c2)c(C)c1. The molecule has 0 spiro atoms. The highest BCUT2D eigenvalue weighted by atomic mass is 19.4. The lowest BCUT2D eigenvalue weighted by Gasteiger charge is -2.26. The van der Waals surface area contributed by atoms with Crippen molar-refractivity contribution in [2.45, 2.75) is 45.5 Å². The largest absolute Gasteiger partial charge is 0.416 e. The summed E-state index contributed by atoms with van der Waals surface area (Å²) in [4.78, 5) is 13.8. The third-order valence-corrected chi connectivity index (χ3v) is 5.23. The van der Waals surface area contributed by atoms with Gasteiger partial charge in [-0.2, -0.15) is 13.2 Å². The minimum absolute atomic E-state index is 0.0605. The van der Waals surface area contributed by atoms with Crippen molar-refractivity contribution < 1.29 is 18.0 Å². The molecule has 0 aliphatic carbocycles. The van der Waals surface area contributed by atoms with Crippen LogP contribution in [0, 0.1) is 13.8 Å². The monoisotopic (exact) mass is 390 g/mol. The van der Waals surface area contributed by atoms with E-state index in [2.05, 4.69) is 11.4 Å². The van der Waals surface area contributed by atoms with E-state index < -0.39 is 11.7 Å². The second-order valence-electron chi connectivity index (χ2n) is 7.43. The molecule has 3 rings (SSSR count). The van der Waals surface area contributed by atoms with Crippen molar-refractivity contribution in [1.29, 1.82) is 0 Å². The number of rotatable bonds is 6. The molecule has 1 aliphatic rings. The number of carbonyl (C=O) groups is 1. The lowest BCUT2D eigenvalue weighted by atomic mass is 10.0. The molecule has 1 fully saturated rings. The second kappa shape index (κ2) is 8.35. The molecule has 0 bridgehead atoms. The molecule has 28 heavy (non-hydrogen) atoms. The summed E-state index contributed by atoms with van der Waals surface area (Å²) in [5.74, 6) is 0.0605. The summed E-state index contributed by atoms with van der Waals surface area (Å²) in [7, 11) is 0. The van der Waals surface area contributed by atoms with E-state index in [0.717, 1.165) is 23.6 Å². The quantitative estimate of drug-likeness (QED) is 0.770. The molecule has 1 N–H and O–H groups in total. The highest BCUT2D eigenvalue weighted by molar-refractivity contribution is 5.78. The van der Waals surface area contributed by atoms with Gasteiger partial charge in [-0.05, 0) is 49.1 Å². The van der Waals surface area contributed by atoms with Crippen LogP contribution in [0.1, 0.15) is 46.7 Å². The zero-order valence-electron chi connectivity index (χ0n) is 16.1. The maximum absolute atomic E-state index is 13.2. The summed E-state index contributed by atoms with van der Waals surface area (Å²) in [6.07, 6.45) is -3.09. The van der Waals surface area contributed by atoms with E-state index in [9.17, 15) is 18.0 Å². The lowest BCUT2D eigenvalue weighted by Crippen LogP contribution is -2.36. The van der Waals surface area contributed by atoms with Gasteiger partial charge in [0, 0.05) is 26.1 Å². The van der Waals surface area contributed by atoms with Crippen molar-refractivity contribution in [3.63, 3.8) is 0 Å². The minimum atomic E-state index is -4.39. The number of benzene rings is 2. The summed E-state index contributed by atoms with van der Waals surface area (Å²) < 4.78 is 39.5. The van der Waals surface area contributed by atoms with E-state index in [-0.39, 0.29) is 11.9 Å². The Bertz CT molecular complexity index is 848. The zero-order chi connectivity index (χ0) is 20.3. The molecule has 2 aromatic carbocycles. The van der Waals surface area contributed by atoms with Crippen LogP contribution in [0.2, 0.25) is 0 Å². The van der Waals surface area contributed by atoms with Crippen LogP contribution in [-0.4, -0.2) is 23.9 Å². The fourth-order valence-corrected chi connectivity index (χ4v) is 3.61. The fraction of sp³-hybridized carbons (Fsp3) is 0.409. The summed E-state index contributed by atoms with van der Waals surface area (Å²) in [5, 5.41) is 3.38. The van der Waals surface area contributed by atoms with E-state index in [4.69, 9.17) is 0 Å². The number of nitrogens with zero attached hydrogens (tertiary/aromatic N) is 1. The summed E-state index contributed by atoms with van der Waals surface area (Å²) >= 11 is 0. The van der Waals surface area contributed by atoms with Crippen molar-refractivity contribution in [3.05, 3.63) is 70.3 Å². The number of nitrogens with one attached hydrogen (secondary N) is 1. The number of hydrogen-bond acceptors (Lipinski definition) is 2. The van der Waals surface area contributed by atoms with Crippen LogP contribution in [-0.2, 0) is 17.5 Å². The molecular formula is C22H25F3N2O. The van der Waals surface area contributed by atoms with Gasteiger partial charge in [0.15, 0.2) is 0 Å². The van der Waals surface area contributed by atoms with Crippen LogP contribution in [0.4, 0.5) is 13.2 Å². The third-order valence-electron chi connectivity index (χ3n) is 5.23.